The number of carbonyl (C=O) groups is 1. The third-order valence-electron chi connectivity index (χ3n) is 8.93. The molecule has 4 saturated carbocycles. The Bertz CT molecular complexity index is 749. The molecule has 0 aromatic carbocycles. The van der Waals surface area contributed by atoms with E-state index in [1.54, 1.807) is 0 Å². The van der Waals surface area contributed by atoms with Crippen LogP contribution in [0.4, 0.5) is 0 Å². The van der Waals surface area contributed by atoms with Crippen LogP contribution in [-0.2, 0) is 9.53 Å². The maximum Gasteiger partial charge on any atom is 0.211 e. The van der Waals surface area contributed by atoms with Crippen molar-refractivity contribution in [2.45, 2.75) is 69.9 Å². The van der Waals surface area contributed by atoms with Crippen molar-refractivity contribution >= 4 is 5.78 Å². The minimum Gasteiger partial charge on any atom is -0.392 e. The van der Waals surface area contributed by atoms with E-state index < -0.39 is 70.2 Å². The van der Waals surface area contributed by atoms with Gasteiger partial charge in [-0.1, -0.05) is 20.4 Å². The molecule has 2 spiro atoms. The molecule has 7 heteroatoms. The fourth-order valence-corrected chi connectivity index (χ4v) is 7.96. The van der Waals surface area contributed by atoms with Gasteiger partial charge in [0.1, 0.15) is 11.5 Å². The Kier molecular flexibility index (Phi) is 3.26. The molecule has 7 nitrogen and oxygen atoms in total. The standard InChI is InChI=1S/C20H28O7/c1-8-9-4-5-10-18-11(21)6-7-17(2,3)12(18)15(24)20(26,27-16(18)25)19(10,13(8)22)14(9)23/h9-12,14-16,21,23-26H,1,4-7H2,2-3H3/t9-,10-,11-,12+,14+,15-,16+,18-,19-,20+/m0/s1. The highest BCUT2D eigenvalue weighted by Crippen LogP contribution is 2.77. The van der Waals surface area contributed by atoms with Crippen LogP contribution < -0.4 is 0 Å². The first-order chi connectivity index (χ1) is 12.5. The molecule has 6 aliphatic rings. The van der Waals surface area contributed by atoms with Gasteiger partial charge in [0.15, 0.2) is 12.1 Å². The molecule has 10 atom stereocenters. The maximum absolute atomic E-state index is 13.4. The molecular formula is C20H28O7. The van der Waals surface area contributed by atoms with Gasteiger partial charge in [0.25, 0.3) is 0 Å². The Hall–Kier alpha value is -0.830. The van der Waals surface area contributed by atoms with Crippen molar-refractivity contribution in [3.8, 4) is 0 Å². The van der Waals surface area contributed by atoms with Crippen molar-refractivity contribution in [1.29, 1.82) is 0 Å². The first kappa shape index (κ1) is 18.2. The molecule has 5 N–H and O–H groups in total. The molecule has 4 aliphatic carbocycles. The number of Topliss-reactive ketones (excluding diaryl/α,β-unsaturated/α-hetero) is 1. The number of carbonyl (C=O) groups excluding carboxylic acids is 1. The van der Waals surface area contributed by atoms with Crippen LogP contribution in [0.15, 0.2) is 12.2 Å². The van der Waals surface area contributed by atoms with Gasteiger partial charge in [-0.3, -0.25) is 4.79 Å². The summed E-state index contributed by atoms with van der Waals surface area (Å²) in [6.07, 6.45) is -3.43. The first-order valence-electron chi connectivity index (χ1n) is 9.85. The lowest BCUT2D eigenvalue weighted by Gasteiger charge is -2.75. The highest BCUT2D eigenvalue weighted by molar-refractivity contribution is 6.05. The van der Waals surface area contributed by atoms with Crippen LogP contribution in [0.2, 0.25) is 0 Å². The predicted octanol–water partition coefficient (Wildman–Crippen LogP) is -0.306. The molecular weight excluding hydrogens is 352 g/mol. The molecule has 150 valence electrons. The Morgan fingerprint density at radius 3 is 2.41 bits per heavy atom. The van der Waals surface area contributed by atoms with Crippen LogP contribution in [0.3, 0.4) is 0 Å². The van der Waals surface area contributed by atoms with Crippen LogP contribution in [-0.4, -0.2) is 61.7 Å². The average molecular weight is 380 g/mol. The van der Waals surface area contributed by atoms with Gasteiger partial charge in [0, 0.05) is 11.8 Å². The maximum atomic E-state index is 13.4. The molecule has 0 aromatic rings. The topological polar surface area (TPSA) is 127 Å². The van der Waals surface area contributed by atoms with E-state index in [2.05, 4.69) is 6.58 Å². The van der Waals surface area contributed by atoms with E-state index in [0.717, 1.165) is 0 Å². The summed E-state index contributed by atoms with van der Waals surface area (Å²) in [5.74, 6) is -4.83. The van der Waals surface area contributed by atoms with E-state index >= 15 is 0 Å². The van der Waals surface area contributed by atoms with E-state index in [9.17, 15) is 30.3 Å². The van der Waals surface area contributed by atoms with E-state index in [0.29, 0.717) is 25.7 Å². The van der Waals surface area contributed by atoms with Gasteiger partial charge in [-0.25, -0.2) is 0 Å². The molecule has 0 unspecified atom stereocenters. The summed E-state index contributed by atoms with van der Waals surface area (Å²) < 4.78 is 5.57. The zero-order valence-electron chi connectivity index (χ0n) is 15.6. The van der Waals surface area contributed by atoms with Crippen LogP contribution in [0.25, 0.3) is 0 Å². The fraction of sp³-hybridized carbons (Fsp3) is 0.850. The second-order valence-corrected chi connectivity index (χ2v) is 10.0. The molecule has 6 rings (SSSR count). The summed E-state index contributed by atoms with van der Waals surface area (Å²) in [5.41, 5.74) is -3.41. The van der Waals surface area contributed by atoms with Gasteiger partial charge in [0.2, 0.25) is 5.79 Å². The highest BCUT2D eigenvalue weighted by Gasteiger charge is 2.88. The number of aliphatic hydroxyl groups excluding tert-OH is 4. The molecule has 2 aliphatic heterocycles. The van der Waals surface area contributed by atoms with Gasteiger partial charge in [-0.2, -0.15) is 0 Å². The van der Waals surface area contributed by atoms with E-state index in [-0.39, 0.29) is 5.57 Å². The highest BCUT2D eigenvalue weighted by atomic mass is 16.7. The van der Waals surface area contributed by atoms with E-state index in [1.165, 1.54) is 0 Å². The number of ketones is 1. The second-order valence-electron chi connectivity index (χ2n) is 10.0. The molecule has 0 aromatic heterocycles. The Morgan fingerprint density at radius 2 is 1.74 bits per heavy atom. The van der Waals surface area contributed by atoms with Crippen molar-refractivity contribution in [3.63, 3.8) is 0 Å². The Balaban J connectivity index is 1.84. The molecule has 6 fully saturated rings. The lowest BCUT2D eigenvalue weighted by Crippen LogP contribution is -2.87. The number of fused-ring (bicyclic) bond motifs is 2. The number of aliphatic hydroxyl groups is 5. The SMILES string of the molecule is C=C1C(=O)[C@]23[C@H](O)[C@H]1CC[C@H]2[C@@]12[C@H](O)O[C@]3(O)[C@@H](O)[C@@H]1C(C)(C)CC[C@@H]2O. The minimum absolute atomic E-state index is 0.230. The summed E-state index contributed by atoms with van der Waals surface area (Å²) in [5, 5.41) is 56.2. The quantitative estimate of drug-likeness (QED) is 0.365. The summed E-state index contributed by atoms with van der Waals surface area (Å²) in [7, 11) is 0. The van der Waals surface area contributed by atoms with Gasteiger partial charge >= 0.3 is 0 Å². The fourth-order valence-electron chi connectivity index (χ4n) is 7.96. The summed E-state index contributed by atoms with van der Waals surface area (Å²) in [4.78, 5) is 13.4. The second kappa shape index (κ2) is 4.83. The lowest BCUT2D eigenvalue weighted by molar-refractivity contribution is -0.507. The third-order valence-corrected chi connectivity index (χ3v) is 8.93. The van der Waals surface area contributed by atoms with Crippen LogP contribution >= 0.6 is 0 Å². The van der Waals surface area contributed by atoms with Gasteiger partial charge in [0.05, 0.1) is 17.6 Å². The molecule has 2 heterocycles. The normalized spacial score (nSPS) is 60.9. The summed E-state index contributed by atoms with van der Waals surface area (Å²) in [6, 6.07) is 0. The predicted molar refractivity (Wildman–Crippen MR) is 91.8 cm³/mol. The average Bonchev–Trinajstić information content (AvgIpc) is 2.70. The number of ether oxygens (including phenoxy) is 1. The van der Waals surface area contributed by atoms with Crippen molar-refractivity contribution < 1.29 is 35.1 Å². The molecule has 0 radical (unpaired) electrons. The first-order valence-corrected chi connectivity index (χ1v) is 9.85. The minimum atomic E-state index is -2.42. The zero-order valence-corrected chi connectivity index (χ0v) is 15.6. The van der Waals surface area contributed by atoms with Crippen molar-refractivity contribution in [2.24, 2.45) is 34.0 Å². The van der Waals surface area contributed by atoms with Crippen molar-refractivity contribution in [2.75, 3.05) is 0 Å². The molecule has 4 bridgehead atoms. The molecule has 0 amide bonds. The van der Waals surface area contributed by atoms with Gasteiger partial charge in [-0.05, 0) is 42.6 Å². The lowest BCUT2D eigenvalue weighted by atomic mass is 9.35. The number of hydrogen-bond donors (Lipinski definition) is 5. The molecule has 27 heavy (non-hydrogen) atoms. The number of hydrogen-bond acceptors (Lipinski definition) is 7. The van der Waals surface area contributed by atoms with Crippen molar-refractivity contribution in [1.82, 2.24) is 0 Å². The summed E-state index contributed by atoms with van der Waals surface area (Å²) >= 11 is 0. The van der Waals surface area contributed by atoms with Crippen LogP contribution in [0.5, 0.6) is 0 Å². The van der Waals surface area contributed by atoms with Gasteiger partial charge < -0.3 is 30.3 Å². The third kappa shape index (κ3) is 1.52. The van der Waals surface area contributed by atoms with Crippen LogP contribution in [0.1, 0.15) is 39.5 Å². The van der Waals surface area contributed by atoms with Gasteiger partial charge in [-0.15, -0.1) is 0 Å². The van der Waals surface area contributed by atoms with Crippen molar-refractivity contribution in [3.05, 3.63) is 12.2 Å². The summed E-state index contributed by atoms with van der Waals surface area (Å²) in [6.45, 7) is 7.72. The Labute approximate surface area is 157 Å². The zero-order chi connectivity index (χ0) is 19.7. The Morgan fingerprint density at radius 1 is 1.07 bits per heavy atom. The smallest absolute Gasteiger partial charge is 0.211 e. The van der Waals surface area contributed by atoms with Crippen LogP contribution in [0, 0.1) is 34.0 Å². The molecule has 2 saturated heterocycles. The van der Waals surface area contributed by atoms with E-state index in [4.69, 9.17) is 4.74 Å². The number of rotatable bonds is 0. The largest absolute Gasteiger partial charge is 0.392 e. The van der Waals surface area contributed by atoms with E-state index in [1.807, 2.05) is 13.8 Å². The monoisotopic (exact) mass is 380 g/mol.